The van der Waals surface area contributed by atoms with Crippen LogP contribution in [0.4, 0.5) is 5.82 Å². The molecule has 0 aliphatic rings. The number of hydrogen-bond donors (Lipinski definition) is 1. The lowest BCUT2D eigenvalue weighted by atomic mass is 10.0. The van der Waals surface area contributed by atoms with Crippen molar-refractivity contribution in [1.29, 1.82) is 0 Å². The summed E-state index contributed by atoms with van der Waals surface area (Å²) in [7, 11) is 0. The van der Waals surface area contributed by atoms with E-state index in [4.69, 9.17) is 10.3 Å². The third-order valence-electron chi connectivity index (χ3n) is 2.35. The summed E-state index contributed by atoms with van der Waals surface area (Å²) in [5.41, 5.74) is 7.70. The molecule has 16 heavy (non-hydrogen) atoms. The summed E-state index contributed by atoms with van der Waals surface area (Å²) in [5, 5.41) is 3.82. The van der Waals surface area contributed by atoms with Crippen LogP contribution < -0.4 is 5.73 Å². The number of nitrogen functional groups attached to an aromatic ring is 1. The maximum atomic E-state index is 5.80. The normalized spacial score (nSPS) is 10.9. The van der Waals surface area contributed by atoms with Gasteiger partial charge in [-0.25, -0.2) is 0 Å². The van der Waals surface area contributed by atoms with E-state index in [-0.39, 0.29) is 0 Å². The van der Waals surface area contributed by atoms with Gasteiger partial charge < -0.3 is 10.3 Å². The third-order valence-corrected chi connectivity index (χ3v) is 2.35. The van der Waals surface area contributed by atoms with Gasteiger partial charge in [-0.2, -0.15) is 0 Å². The Hall–Kier alpha value is -1.84. The average Bonchev–Trinajstić information content (AvgIpc) is 2.61. The maximum absolute atomic E-state index is 5.80. The van der Waals surface area contributed by atoms with Gasteiger partial charge in [-0.1, -0.05) is 19.0 Å². The molecule has 0 unspecified atom stereocenters. The van der Waals surface area contributed by atoms with Gasteiger partial charge in [0, 0.05) is 23.5 Å². The second-order valence-corrected chi connectivity index (χ2v) is 4.22. The molecule has 0 fully saturated rings. The smallest absolute Gasteiger partial charge is 0.173 e. The zero-order valence-electron chi connectivity index (χ0n) is 9.47. The van der Waals surface area contributed by atoms with E-state index in [1.807, 2.05) is 12.1 Å². The minimum Gasteiger partial charge on any atom is -0.381 e. The highest BCUT2D eigenvalue weighted by Crippen LogP contribution is 2.29. The molecule has 2 heterocycles. The Balaban J connectivity index is 2.42. The van der Waals surface area contributed by atoms with Gasteiger partial charge in [0.2, 0.25) is 0 Å². The Kier molecular flexibility index (Phi) is 2.90. The summed E-state index contributed by atoms with van der Waals surface area (Å²) in [6.07, 6.45) is 4.34. The first-order chi connectivity index (χ1) is 7.68. The number of anilines is 1. The summed E-state index contributed by atoms with van der Waals surface area (Å²) in [5.74, 6) is 1.73. The van der Waals surface area contributed by atoms with Gasteiger partial charge in [-0.3, -0.25) is 4.98 Å². The lowest BCUT2D eigenvalue weighted by Gasteiger charge is -2.04. The summed E-state index contributed by atoms with van der Waals surface area (Å²) in [6, 6.07) is 3.81. The first-order valence-electron chi connectivity index (χ1n) is 5.33. The quantitative estimate of drug-likeness (QED) is 0.857. The van der Waals surface area contributed by atoms with Gasteiger partial charge in [0.1, 0.15) is 0 Å². The summed E-state index contributed by atoms with van der Waals surface area (Å²) in [4.78, 5) is 4.06. The predicted molar refractivity (Wildman–Crippen MR) is 62.7 cm³/mol. The molecule has 2 aromatic rings. The van der Waals surface area contributed by atoms with Crippen molar-refractivity contribution in [2.75, 3.05) is 5.73 Å². The number of hydrogen-bond acceptors (Lipinski definition) is 4. The molecule has 84 valence electrons. The molecule has 2 N–H and O–H groups in total. The molecule has 0 aliphatic carbocycles. The molecule has 0 radical (unpaired) electrons. The number of nitrogens with two attached hydrogens (primary N) is 1. The Labute approximate surface area is 94.5 Å². The molecule has 0 saturated heterocycles. The minimum absolute atomic E-state index is 0.479. The second kappa shape index (κ2) is 4.35. The van der Waals surface area contributed by atoms with E-state index in [0.29, 0.717) is 11.7 Å². The lowest BCUT2D eigenvalue weighted by molar-refractivity contribution is 0.434. The van der Waals surface area contributed by atoms with E-state index in [2.05, 4.69) is 24.0 Å². The van der Waals surface area contributed by atoms with Crippen LogP contribution in [-0.4, -0.2) is 10.1 Å². The van der Waals surface area contributed by atoms with Crippen molar-refractivity contribution < 1.29 is 4.52 Å². The van der Waals surface area contributed by atoms with Crippen LogP contribution in [0.1, 0.15) is 19.4 Å². The Morgan fingerprint density at radius 3 is 2.88 bits per heavy atom. The van der Waals surface area contributed by atoms with E-state index < -0.39 is 0 Å². The fourth-order valence-corrected chi connectivity index (χ4v) is 1.65. The summed E-state index contributed by atoms with van der Waals surface area (Å²) >= 11 is 0. The van der Waals surface area contributed by atoms with Crippen molar-refractivity contribution in [1.82, 2.24) is 10.1 Å². The van der Waals surface area contributed by atoms with E-state index >= 15 is 0 Å². The molecule has 0 aromatic carbocycles. The molecule has 0 saturated carbocycles. The molecular weight excluding hydrogens is 202 g/mol. The highest BCUT2D eigenvalue weighted by molar-refractivity contribution is 5.65. The number of pyridine rings is 1. The van der Waals surface area contributed by atoms with Crippen molar-refractivity contribution in [2.45, 2.75) is 20.3 Å². The van der Waals surface area contributed by atoms with Crippen LogP contribution in [0.3, 0.4) is 0 Å². The SMILES string of the molecule is CC(C)Cc1c(N)noc1-c1cccnc1. The standard InChI is InChI=1S/C12H15N3O/c1-8(2)6-10-11(16-15-12(10)13)9-4-3-5-14-7-9/h3-5,7-8H,6H2,1-2H3,(H2,13,15). The predicted octanol–water partition coefficient (Wildman–Crippen LogP) is 2.52. The van der Waals surface area contributed by atoms with Gasteiger partial charge in [0.25, 0.3) is 0 Å². The molecule has 0 bridgehead atoms. The molecule has 0 spiro atoms. The molecule has 2 rings (SSSR count). The molecule has 4 heteroatoms. The van der Waals surface area contributed by atoms with Crippen LogP contribution >= 0.6 is 0 Å². The number of rotatable bonds is 3. The van der Waals surface area contributed by atoms with Crippen molar-refractivity contribution in [3.8, 4) is 11.3 Å². The van der Waals surface area contributed by atoms with Crippen LogP contribution in [0.15, 0.2) is 29.0 Å². The van der Waals surface area contributed by atoms with Gasteiger partial charge in [0.15, 0.2) is 11.6 Å². The Morgan fingerprint density at radius 1 is 1.44 bits per heavy atom. The largest absolute Gasteiger partial charge is 0.381 e. The Morgan fingerprint density at radius 2 is 2.25 bits per heavy atom. The van der Waals surface area contributed by atoms with Gasteiger partial charge in [-0.05, 0) is 24.5 Å². The highest BCUT2D eigenvalue weighted by Gasteiger charge is 2.16. The van der Waals surface area contributed by atoms with E-state index in [9.17, 15) is 0 Å². The van der Waals surface area contributed by atoms with Crippen molar-refractivity contribution >= 4 is 5.82 Å². The lowest BCUT2D eigenvalue weighted by Crippen LogP contribution is -1.98. The second-order valence-electron chi connectivity index (χ2n) is 4.22. The summed E-state index contributed by atoms with van der Waals surface area (Å²) < 4.78 is 5.27. The van der Waals surface area contributed by atoms with Gasteiger partial charge in [-0.15, -0.1) is 0 Å². The number of nitrogens with zero attached hydrogens (tertiary/aromatic N) is 2. The van der Waals surface area contributed by atoms with Gasteiger partial charge >= 0.3 is 0 Å². The molecule has 0 aliphatic heterocycles. The zero-order valence-corrected chi connectivity index (χ0v) is 9.47. The fourth-order valence-electron chi connectivity index (χ4n) is 1.65. The van der Waals surface area contributed by atoms with Crippen LogP contribution in [0, 0.1) is 5.92 Å². The maximum Gasteiger partial charge on any atom is 0.173 e. The molecule has 0 amide bonds. The Bertz CT molecular complexity index is 462. The van der Waals surface area contributed by atoms with Crippen molar-refractivity contribution in [3.05, 3.63) is 30.1 Å². The molecule has 4 nitrogen and oxygen atoms in total. The summed E-state index contributed by atoms with van der Waals surface area (Å²) in [6.45, 7) is 4.28. The monoisotopic (exact) mass is 217 g/mol. The molecular formula is C12H15N3O. The van der Waals surface area contributed by atoms with E-state index in [1.165, 1.54) is 0 Å². The van der Waals surface area contributed by atoms with E-state index in [0.717, 1.165) is 23.3 Å². The first kappa shape index (κ1) is 10.7. The average molecular weight is 217 g/mol. The topological polar surface area (TPSA) is 64.9 Å². The van der Waals surface area contributed by atoms with Gasteiger partial charge in [0.05, 0.1) is 0 Å². The van der Waals surface area contributed by atoms with Crippen LogP contribution in [0.2, 0.25) is 0 Å². The third kappa shape index (κ3) is 2.05. The zero-order chi connectivity index (χ0) is 11.5. The molecule has 2 aromatic heterocycles. The highest BCUT2D eigenvalue weighted by atomic mass is 16.5. The number of aromatic nitrogens is 2. The van der Waals surface area contributed by atoms with Crippen LogP contribution in [0.25, 0.3) is 11.3 Å². The van der Waals surface area contributed by atoms with Crippen molar-refractivity contribution in [3.63, 3.8) is 0 Å². The van der Waals surface area contributed by atoms with Crippen LogP contribution in [-0.2, 0) is 6.42 Å². The molecule has 0 atom stereocenters. The van der Waals surface area contributed by atoms with Crippen LogP contribution in [0.5, 0.6) is 0 Å². The first-order valence-corrected chi connectivity index (χ1v) is 5.33. The fraction of sp³-hybridized carbons (Fsp3) is 0.333. The minimum atomic E-state index is 0.479. The van der Waals surface area contributed by atoms with E-state index in [1.54, 1.807) is 12.4 Å². The van der Waals surface area contributed by atoms with Crippen molar-refractivity contribution in [2.24, 2.45) is 5.92 Å².